The van der Waals surface area contributed by atoms with Crippen LogP contribution in [0.4, 0.5) is 0 Å². The second-order valence-corrected chi connectivity index (χ2v) is 6.09. The minimum absolute atomic E-state index is 0.105. The van der Waals surface area contributed by atoms with E-state index in [1.165, 1.54) is 0 Å². The van der Waals surface area contributed by atoms with Crippen molar-refractivity contribution < 1.29 is 9.90 Å². The molecule has 3 heteroatoms. The van der Waals surface area contributed by atoms with Gasteiger partial charge in [0.15, 0.2) is 5.78 Å². The van der Waals surface area contributed by atoms with E-state index in [1.807, 2.05) is 50.9 Å². The van der Waals surface area contributed by atoms with Crippen LogP contribution in [0.2, 0.25) is 0 Å². The molecule has 0 amide bonds. The highest BCUT2D eigenvalue weighted by Gasteiger charge is 2.25. The molecule has 1 aromatic rings. The van der Waals surface area contributed by atoms with Crippen molar-refractivity contribution in [1.82, 2.24) is 4.90 Å². The van der Waals surface area contributed by atoms with Gasteiger partial charge in [0.2, 0.25) is 0 Å². The van der Waals surface area contributed by atoms with E-state index in [1.54, 1.807) is 13.8 Å². The highest BCUT2D eigenvalue weighted by Crippen LogP contribution is 2.16. The van der Waals surface area contributed by atoms with Crippen molar-refractivity contribution in [3.8, 4) is 0 Å². The number of Topliss-reactive ketones (excluding diaryl/α,β-unsaturated/α-hetero) is 1. The Balaban J connectivity index is 2.90. The van der Waals surface area contributed by atoms with Gasteiger partial charge in [0, 0.05) is 12.1 Å². The molecule has 0 aliphatic heterocycles. The van der Waals surface area contributed by atoms with Crippen LogP contribution in [0.1, 0.15) is 42.3 Å². The Hall–Kier alpha value is -1.19. The molecule has 0 fully saturated rings. The Morgan fingerprint density at radius 1 is 1.37 bits per heavy atom. The fourth-order valence-electron chi connectivity index (χ4n) is 2.17. The second kappa shape index (κ2) is 5.85. The molecule has 1 N–H and O–H groups in total. The number of nitrogens with zero attached hydrogens (tertiary/aromatic N) is 1. The Bertz CT molecular complexity index is 460. The number of aliphatic hydroxyl groups is 1. The van der Waals surface area contributed by atoms with Crippen LogP contribution in [0.15, 0.2) is 18.2 Å². The molecule has 0 saturated heterocycles. The van der Waals surface area contributed by atoms with Crippen LogP contribution in [0, 0.1) is 13.8 Å². The molecule has 19 heavy (non-hydrogen) atoms. The summed E-state index contributed by atoms with van der Waals surface area (Å²) in [6.07, 6.45) is 0. The third kappa shape index (κ3) is 4.44. The molecule has 0 spiro atoms. The highest BCUT2D eigenvalue weighted by atomic mass is 16.3. The number of hydrogen-bond acceptors (Lipinski definition) is 3. The lowest BCUT2D eigenvalue weighted by Crippen LogP contribution is -2.44. The third-order valence-corrected chi connectivity index (χ3v) is 3.34. The predicted molar refractivity (Wildman–Crippen MR) is 78.6 cm³/mol. The fourth-order valence-corrected chi connectivity index (χ4v) is 2.17. The minimum atomic E-state index is -0.801. The Morgan fingerprint density at radius 2 is 1.95 bits per heavy atom. The van der Waals surface area contributed by atoms with Gasteiger partial charge in [-0.25, -0.2) is 0 Å². The van der Waals surface area contributed by atoms with Crippen LogP contribution >= 0.6 is 0 Å². The maximum absolute atomic E-state index is 12.5. The summed E-state index contributed by atoms with van der Waals surface area (Å²) < 4.78 is 0. The number of ketones is 1. The molecule has 1 rings (SSSR count). The van der Waals surface area contributed by atoms with E-state index in [0.29, 0.717) is 6.54 Å². The summed E-state index contributed by atoms with van der Waals surface area (Å²) in [7, 11) is 1.87. The van der Waals surface area contributed by atoms with E-state index >= 15 is 0 Å². The zero-order chi connectivity index (χ0) is 14.8. The van der Waals surface area contributed by atoms with Crippen molar-refractivity contribution >= 4 is 5.78 Å². The maximum Gasteiger partial charge on any atom is 0.179 e. The zero-order valence-corrected chi connectivity index (χ0v) is 12.8. The SMILES string of the molecule is Cc1ccc(C)c(C(=O)C(C)N(C)CC(C)(C)O)c1. The molecule has 0 aliphatic rings. The lowest BCUT2D eigenvalue weighted by Gasteiger charge is -2.30. The van der Waals surface area contributed by atoms with Crippen LogP contribution < -0.4 is 0 Å². The normalized spacial score (nSPS) is 13.7. The smallest absolute Gasteiger partial charge is 0.179 e. The lowest BCUT2D eigenvalue weighted by atomic mass is 9.97. The van der Waals surface area contributed by atoms with Crippen molar-refractivity contribution in [1.29, 1.82) is 0 Å². The van der Waals surface area contributed by atoms with Gasteiger partial charge in [-0.3, -0.25) is 9.69 Å². The molecule has 1 aromatic carbocycles. The van der Waals surface area contributed by atoms with Crippen LogP contribution in [-0.4, -0.2) is 41.0 Å². The molecule has 0 heterocycles. The Morgan fingerprint density at radius 3 is 2.47 bits per heavy atom. The van der Waals surface area contributed by atoms with Gasteiger partial charge < -0.3 is 5.11 Å². The van der Waals surface area contributed by atoms with Gasteiger partial charge in [0.1, 0.15) is 0 Å². The third-order valence-electron chi connectivity index (χ3n) is 3.34. The van der Waals surface area contributed by atoms with Crippen LogP contribution in [0.5, 0.6) is 0 Å². The molecule has 0 aromatic heterocycles. The topological polar surface area (TPSA) is 40.5 Å². The van der Waals surface area contributed by atoms with Gasteiger partial charge in [0.05, 0.1) is 11.6 Å². The number of hydrogen-bond donors (Lipinski definition) is 1. The summed E-state index contributed by atoms with van der Waals surface area (Å²) in [5.41, 5.74) is 2.06. The minimum Gasteiger partial charge on any atom is -0.389 e. The number of aryl methyl sites for hydroxylation is 2. The molecule has 0 aliphatic carbocycles. The molecule has 106 valence electrons. The van der Waals surface area contributed by atoms with Crippen molar-refractivity contribution in [2.24, 2.45) is 0 Å². The van der Waals surface area contributed by atoms with Crippen LogP contribution in [-0.2, 0) is 0 Å². The number of rotatable bonds is 5. The van der Waals surface area contributed by atoms with Gasteiger partial charge in [0.25, 0.3) is 0 Å². The fraction of sp³-hybridized carbons (Fsp3) is 0.562. The van der Waals surface area contributed by atoms with E-state index in [-0.39, 0.29) is 11.8 Å². The van der Waals surface area contributed by atoms with Gasteiger partial charge in [-0.05, 0) is 53.3 Å². The van der Waals surface area contributed by atoms with Crippen molar-refractivity contribution in [3.63, 3.8) is 0 Å². The van der Waals surface area contributed by atoms with Gasteiger partial charge >= 0.3 is 0 Å². The predicted octanol–water partition coefficient (Wildman–Crippen LogP) is 2.58. The largest absolute Gasteiger partial charge is 0.389 e. The number of benzene rings is 1. The van der Waals surface area contributed by atoms with Gasteiger partial charge in [-0.2, -0.15) is 0 Å². The van der Waals surface area contributed by atoms with Crippen molar-refractivity contribution in [2.75, 3.05) is 13.6 Å². The maximum atomic E-state index is 12.5. The zero-order valence-electron chi connectivity index (χ0n) is 12.8. The number of carbonyl (C=O) groups excluding carboxylic acids is 1. The molecule has 3 nitrogen and oxygen atoms in total. The van der Waals surface area contributed by atoms with E-state index in [0.717, 1.165) is 16.7 Å². The van der Waals surface area contributed by atoms with E-state index < -0.39 is 5.60 Å². The molecule has 0 radical (unpaired) electrons. The van der Waals surface area contributed by atoms with E-state index in [2.05, 4.69) is 0 Å². The average Bonchev–Trinajstić information content (AvgIpc) is 2.28. The second-order valence-electron chi connectivity index (χ2n) is 6.09. The first-order chi connectivity index (χ1) is 8.61. The molecule has 1 atom stereocenters. The first kappa shape index (κ1) is 15.9. The average molecular weight is 263 g/mol. The summed E-state index contributed by atoms with van der Waals surface area (Å²) in [6, 6.07) is 5.68. The molecule has 1 unspecified atom stereocenters. The lowest BCUT2D eigenvalue weighted by molar-refractivity contribution is 0.0329. The highest BCUT2D eigenvalue weighted by molar-refractivity contribution is 6.01. The summed E-state index contributed by atoms with van der Waals surface area (Å²) in [5, 5.41) is 9.84. The van der Waals surface area contributed by atoms with E-state index in [4.69, 9.17) is 0 Å². The molecular weight excluding hydrogens is 238 g/mol. The quantitative estimate of drug-likeness (QED) is 0.830. The Kier molecular flexibility index (Phi) is 4.88. The first-order valence-electron chi connectivity index (χ1n) is 6.66. The standard InChI is InChI=1S/C16H25NO2/c1-11-7-8-12(2)14(9-11)15(18)13(3)17(6)10-16(4,5)19/h7-9,13,19H,10H2,1-6H3. The van der Waals surface area contributed by atoms with Crippen molar-refractivity contribution in [3.05, 3.63) is 34.9 Å². The molecular formula is C16H25NO2. The molecule has 0 bridgehead atoms. The van der Waals surface area contributed by atoms with Crippen molar-refractivity contribution in [2.45, 2.75) is 46.3 Å². The van der Waals surface area contributed by atoms with Crippen LogP contribution in [0.3, 0.4) is 0 Å². The van der Waals surface area contributed by atoms with Gasteiger partial charge in [-0.15, -0.1) is 0 Å². The molecule has 0 saturated carbocycles. The summed E-state index contributed by atoms with van der Waals surface area (Å²) in [6.45, 7) is 9.79. The first-order valence-corrected chi connectivity index (χ1v) is 6.66. The van der Waals surface area contributed by atoms with E-state index in [9.17, 15) is 9.90 Å². The number of carbonyl (C=O) groups is 1. The van der Waals surface area contributed by atoms with Crippen LogP contribution in [0.25, 0.3) is 0 Å². The Labute approximate surface area is 116 Å². The summed E-state index contributed by atoms with van der Waals surface area (Å²) in [5.74, 6) is 0.105. The summed E-state index contributed by atoms with van der Waals surface area (Å²) >= 11 is 0. The summed E-state index contributed by atoms with van der Waals surface area (Å²) in [4.78, 5) is 14.4. The monoisotopic (exact) mass is 263 g/mol. The number of likely N-dealkylation sites (N-methyl/N-ethyl adjacent to an activating group) is 1. The van der Waals surface area contributed by atoms with Gasteiger partial charge in [-0.1, -0.05) is 17.7 Å².